The van der Waals surface area contributed by atoms with E-state index in [4.69, 9.17) is 28.6 Å². The monoisotopic (exact) mass is 491 g/mol. The number of nitrogens with one attached hydrogen (secondary N) is 2. The molecule has 0 amide bonds. The zero-order chi connectivity index (χ0) is 23.4. The molecule has 2 aromatic rings. The molecule has 3 heterocycles. The molecule has 1 aromatic carbocycles. The van der Waals surface area contributed by atoms with Crippen molar-refractivity contribution in [1.82, 2.24) is 15.3 Å². The van der Waals surface area contributed by atoms with Gasteiger partial charge in [-0.15, -0.1) is 0 Å². The third-order valence-corrected chi connectivity index (χ3v) is 7.03. The molecule has 2 N–H and O–H groups in total. The Kier molecular flexibility index (Phi) is 7.66. The SMILES string of the molecule is C[C@@H]1C[C@@H](C)CN(c2cc(Cl)nc(NC(=S)NCC3(c4ccc(F)cc4)CCOCC3)n2)C1. The summed E-state index contributed by atoms with van der Waals surface area (Å²) < 4.78 is 19.1. The highest BCUT2D eigenvalue weighted by molar-refractivity contribution is 7.80. The van der Waals surface area contributed by atoms with Crippen molar-refractivity contribution in [1.29, 1.82) is 0 Å². The van der Waals surface area contributed by atoms with E-state index in [-0.39, 0.29) is 11.2 Å². The van der Waals surface area contributed by atoms with Crippen molar-refractivity contribution in [3.8, 4) is 0 Å². The number of benzene rings is 1. The van der Waals surface area contributed by atoms with Gasteiger partial charge in [0.05, 0.1) is 0 Å². The Morgan fingerprint density at radius 1 is 1.18 bits per heavy atom. The van der Waals surface area contributed by atoms with Gasteiger partial charge in [-0.1, -0.05) is 37.6 Å². The second-order valence-electron chi connectivity index (χ2n) is 9.43. The van der Waals surface area contributed by atoms with Crippen LogP contribution in [0.15, 0.2) is 30.3 Å². The molecule has 0 radical (unpaired) electrons. The first-order valence-corrected chi connectivity index (χ1v) is 12.3. The Labute approximate surface area is 205 Å². The number of nitrogens with zero attached hydrogens (tertiary/aromatic N) is 3. The summed E-state index contributed by atoms with van der Waals surface area (Å²) in [4.78, 5) is 11.3. The van der Waals surface area contributed by atoms with E-state index in [1.807, 2.05) is 12.1 Å². The summed E-state index contributed by atoms with van der Waals surface area (Å²) in [5.74, 6) is 2.15. The fourth-order valence-corrected chi connectivity index (χ4v) is 5.34. The molecule has 4 rings (SSSR count). The number of anilines is 2. The minimum Gasteiger partial charge on any atom is -0.381 e. The minimum absolute atomic E-state index is 0.182. The fourth-order valence-electron chi connectivity index (χ4n) is 5.00. The smallest absolute Gasteiger partial charge is 0.232 e. The second kappa shape index (κ2) is 10.5. The summed E-state index contributed by atoms with van der Waals surface area (Å²) in [5.41, 5.74) is 0.898. The molecule has 2 atom stereocenters. The second-order valence-corrected chi connectivity index (χ2v) is 10.2. The zero-order valence-corrected chi connectivity index (χ0v) is 20.7. The molecule has 0 aliphatic carbocycles. The lowest BCUT2D eigenvalue weighted by Gasteiger charge is -2.38. The Bertz CT molecular complexity index is 960. The standard InChI is InChI=1S/C24H31ClFN5OS/c1-16-11-17(2)14-31(13-16)21-12-20(25)28-22(29-21)30-23(33)27-15-24(7-9-32-10-8-24)18-3-5-19(26)6-4-18/h3-6,12,16-17H,7-11,13-15H2,1-2H3,(H2,27,28,29,30,33)/t16-,17-/m1/s1. The van der Waals surface area contributed by atoms with E-state index < -0.39 is 0 Å². The van der Waals surface area contributed by atoms with Crippen molar-refractivity contribution < 1.29 is 9.13 Å². The summed E-state index contributed by atoms with van der Waals surface area (Å²) in [6.45, 7) is 8.33. The van der Waals surface area contributed by atoms with Crippen LogP contribution < -0.4 is 15.5 Å². The number of halogens is 2. The van der Waals surface area contributed by atoms with Gasteiger partial charge in [0.2, 0.25) is 5.95 Å². The number of hydrogen-bond donors (Lipinski definition) is 2. The Morgan fingerprint density at radius 3 is 2.52 bits per heavy atom. The average Bonchev–Trinajstić information content (AvgIpc) is 2.78. The average molecular weight is 492 g/mol. The third-order valence-electron chi connectivity index (χ3n) is 6.59. The van der Waals surface area contributed by atoms with Gasteiger partial charge in [-0.2, -0.15) is 4.98 Å². The normalized spacial score (nSPS) is 22.6. The number of aromatic nitrogens is 2. The largest absolute Gasteiger partial charge is 0.381 e. The number of piperidine rings is 1. The molecule has 2 aliphatic rings. The van der Waals surface area contributed by atoms with Crippen LogP contribution in [-0.2, 0) is 10.2 Å². The van der Waals surface area contributed by atoms with Crippen molar-refractivity contribution in [2.24, 2.45) is 11.8 Å². The number of hydrogen-bond acceptors (Lipinski definition) is 5. The number of rotatable bonds is 5. The molecule has 0 spiro atoms. The Balaban J connectivity index is 1.43. The van der Waals surface area contributed by atoms with Crippen molar-refractivity contribution >= 4 is 40.7 Å². The maximum absolute atomic E-state index is 13.5. The molecule has 2 saturated heterocycles. The molecule has 178 valence electrons. The van der Waals surface area contributed by atoms with E-state index in [0.717, 1.165) is 37.3 Å². The van der Waals surface area contributed by atoms with Crippen molar-refractivity contribution in [2.75, 3.05) is 43.1 Å². The molecule has 6 nitrogen and oxygen atoms in total. The van der Waals surface area contributed by atoms with Crippen LogP contribution >= 0.6 is 23.8 Å². The lowest BCUT2D eigenvalue weighted by molar-refractivity contribution is 0.0515. The zero-order valence-electron chi connectivity index (χ0n) is 19.1. The van der Waals surface area contributed by atoms with Crippen LogP contribution in [-0.4, -0.2) is 47.9 Å². The van der Waals surface area contributed by atoms with Gasteiger partial charge in [0, 0.05) is 44.3 Å². The van der Waals surface area contributed by atoms with Gasteiger partial charge in [0.25, 0.3) is 0 Å². The summed E-state index contributed by atoms with van der Waals surface area (Å²) in [5, 5.41) is 7.23. The van der Waals surface area contributed by atoms with Gasteiger partial charge in [0.1, 0.15) is 16.8 Å². The summed E-state index contributed by atoms with van der Waals surface area (Å²) in [7, 11) is 0. The lowest BCUT2D eigenvalue weighted by Crippen LogP contribution is -2.45. The lowest BCUT2D eigenvalue weighted by atomic mass is 9.74. The van der Waals surface area contributed by atoms with E-state index in [2.05, 4.69) is 39.3 Å². The van der Waals surface area contributed by atoms with Gasteiger partial charge in [-0.3, -0.25) is 0 Å². The first-order valence-electron chi connectivity index (χ1n) is 11.5. The van der Waals surface area contributed by atoms with Gasteiger partial charge < -0.3 is 20.3 Å². The molecule has 1 aromatic heterocycles. The highest BCUT2D eigenvalue weighted by Crippen LogP contribution is 2.34. The molecule has 0 saturated carbocycles. The molecular weight excluding hydrogens is 461 g/mol. The third kappa shape index (κ3) is 6.11. The number of ether oxygens (including phenoxy) is 1. The molecule has 2 fully saturated rings. The van der Waals surface area contributed by atoms with E-state index in [0.29, 0.717) is 47.8 Å². The molecule has 2 aliphatic heterocycles. The van der Waals surface area contributed by atoms with Crippen LogP contribution in [0, 0.1) is 17.7 Å². The summed E-state index contributed by atoms with van der Waals surface area (Å²) in [6, 6.07) is 8.52. The first kappa shape index (κ1) is 24.1. The van der Waals surface area contributed by atoms with Crippen LogP contribution in [0.3, 0.4) is 0 Å². The van der Waals surface area contributed by atoms with Crippen molar-refractivity contribution in [3.05, 3.63) is 46.9 Å². The maximum Gasteiger partial charge on any atom is 0.232 e. The Morgan fingerprint density at radius 2 is 1.85 bits per heavy atom. The van der Waals surface area contributed by atoms with Crippen LogP contribution in [0.1, 0.15) is 38.7 Å². The predicted octanol–water partition coefficient (Wildman–Crippen LogP) is 4.79. The predicted molar refractivity (Wildman–Crippen MR) is 135 cm³/mol. The van der Waals surface area contributed by atoms with E-state index in [1.54, 1.807) is 6.07 Å². The molecule has 33 heavy (non-hydrogen) atoms. The number of thiocarbonyl (C=S) groups is 1. The maximum atomic E-state index is 13.5. The molecule has 0 bridgehead atoms. The summed E-state index contributed by atoms with van der Waals surface area (Å²) in [6.07, 6.45) is 2.88. The Hall–Kier alpha value is -2.03. The molecular formula is C24H31ClFN5OS. The van der Waals surface area contributed by atoms with Gasteiger partial charge >= 0.3 is 0 Å². The molecule has 9 heteroatoms. The van der Waals surface area contributed by atoms with Crippen LogP contribution in [0.4, 0.5) is 16.2 Å². The van der Waals surface area contributed by atoms with Crippen LogP contribution in [0.25, 0.3) is 0 Å². The van der Waals surface area contributed by atoms with Crippen molar-refractivity contribution in [3.63, 3.8) is 0 Å². The van der Waals surface area contributed by atoms with Gasteiger partial charge in [0.15, 0.2) is 5.11 Å². The van der Waals surface area contributed by atoms with Gasteiger partial charge in [-0.25, -0.2) is 9.37 Å². The fraction of sp³-hybridized carbons (Fsp3) is 0.542. The van der Waals surface area contributed by atoms with Crippen molar-refractivity contribution in [2.45, 2.75) is 38.5 Å². The van der Waals surface area contributed by atoms with Crippen LogP contribution in [0.2, 0.25) is 5.15 Å². The highest BCUT2D eigenvalue weighted by Gasteiger charge is 2.34. The molecule has 0 unspecified atom stereocenters. The van der Waals surface area contributed by atoms with Crippen LogP contribution in [0.5, 0.6) is 0 Å². The first-order chi connectivity index (χ1) is 15.8. The van der Waals surface area contributed by atoms with E-state index >= 15 is 0 Å². The quantitative estimate of drug-likeness (QED) is 0.460. The van der Waals surface area contributed by atoms with E-state index in [9.17, 15) is 4.39 Å². The summed E-state index contributed by atoms with van der Waals surface area (Å²) >= 11 is 11.9. The van der Waals surface area contributed by atoms with Gasteiger partial charge in [-0.05, 0) is 61.0 Å². The minimum atomic E-state index is -0.238. The van der Waals surface area contributed by atoms with E-state index in [1.165, 1.54) is 18.6 Å². The topological polar surface area (TPSA) is 62.3 Å². The highest BCUT2D eigenvalue weighted by atomic mass is 35.5.